The van der Waals surface area contributed by atoms with Crippen LogP contribution in [0.2, 0.25) is 0 Å². The van der Waals surface area contributed by atoms with Gasteiger partial charge < -0.3 is 4.74 Å². The third kappa shape index (κ3) is 2.60. The van der Waals surface area contributed by atoms with Gasteiger partial charge in [0.05, 0.1) is 6.61 Å². The van der Waals surface area contributed by atoms with Gasteiger partial charge in [-0.1, -0.05) is 48.5 Å². The summed E-state index contributed by atoms with van der Waals surface area (Å²) in [7, 11) is 1.75. The molecule has 1 aliphatic carbocycles. The molecule has 0 spiro atoms. The van der Waals surface area contributed by atoms with Crippen LogP contribution < -0.4 is 0 Å². The van der Waals surface area contributed by atoms with E-state index in [0.717, 1.165) is 6.42 Å². The Hall–Kier alpha value is -2.38. The van der Waals surface area contributed by atoms with Gasteiger partial charge in [-0.05, 0) is 82.8 Å². The number of benzene rings is 3. The first-order valence-corrected chi connectivity index (χ1v) is 8.90. The molecule has 0 heterocycles. The quantitative estimate of drug-likeness (QED) is 0.448. The smallest absolute Gasteiger partial charge is 0.0715 e. The molecule has 0 N–H and O–H groups in total. The molecule has 0 aliphatic heterocycles. The zero-order valence-corrected chi connectivity index (χ0v) is 15.4. The molecule has 0 radical (unpaired) electrons. The minimum absolute atomic E-state index is 0.669. The molecule has 1 nitrogen and oxygen atoms in total. The van der Waals surface area contributed by atoms with Crippen molar-refractivity contribution in [3.63, 3.8) is 0 Å². The Bertz CT molecular complexity index is 966. The lowest BCUT2D eigenvalue weighted by Gasteiger charge is -2.17. The fraction of sp³-hybridized carbons (Fsp3) is 0.250. The summed E-state index contributed by atoms with van der Waals surface area (Å²) in [4.78, 5) is 0. The Kier molecular flexibility index (Phi) is 3.97. The van der Waals surface area contributed by atoms with E-state index in [0.29, 0.717) is 6.61 Å². The van der Waals surface area contributed by atoms with Gasteiger partial charge in [0, 0.05) is 7.11 Å². The van der Waals surface area contributed by atoms with E-state index >= 15 is 0 Å². The molecular weight excluding hydrogens is 304 g/mol. The van der Waals surface area contributed by atoms with Crippen molar-refractivity contribution in [3.8, 4) is 22.3 Å². The summed E-state index contributed by atoms with van der Waals surface area (Å²) in [5.41, 5.74) is 13.8. The van der Waals surface area contributed by atoms with E-state index in [1.807, 2.05) is 0 Å². The predicted molar refractivity (Wildman–Crippen MR) is 105 cm³/mol. The zero-order chi connectivity index (χ0) is 17.6. The van der Waals surface area contributed by atoms with Crippen LogP contribution in [0.15, 0.2) is 48.5 Å². The summed E-state index contributed by atoms with van der Waals surface area (Å²) in [6, 6.07) is 18.0. The Labute approximate surface area is 150 Å². The standard InChI is InChI=1S/C24H24O/c1-15-12-22-21-8-6-5-7-18(21)13-23(22)24(17(15)3)19-9-10-20(14-25-4)16(2)11-19/h5-12H,13-14H2,1-4H3. The summed E-state index contributed by atoms with van der Waals surface area (Å²) in [5, 5.41) is 0. The van der Waals surface area contributed by atoms with Crippen LogP contribution in [-0.4, -0.2) is 7.11 Å². The molecule has 126 valence electrons. The first-order valence-electron chi connectivity index (χ1n) is 8.90. The van der Waals surface area contributed by atoms with Crippen LogP contribution in [-0.2, 0) is 17.8 Å². The third-order valence-corrected chi connectivity index (χ3v) is 5.56. The van der Waals surface area contributed by atoms with Crippen LogP contribution in [0.1, 0.15) is 33.4 Å². The van der Waals surface area contributed by atoms with E-state index in [-0.39, 0.29) is 0 Å². The van der Waals surface area contributed by atoms with Crippen LogP contribution in [0.3, 0.4) is 0 Å². The highest BCUT2D eigenvalue weighted by Gasteiger charge is 2.24. The van der Waals surface area contributed by atoms with Gasteiger partial charge in [-0.25, -0.2) is 0 Å². The molecule has 4 rings (SSSR count). The molecule has 0 unspecified atom stereocenters. The molecular formula is C24H24O. The minimum atomic E-state index is 0.669. The number of fused-ring (bicyclic) bond motifs is 3. The first-order chi connectivity index (χ1) is 12.1. The average Bonchev–Trinajstić information content (AvgIpc) is 2.96. The highest BCUT2D eigenvalue weighted by molar-refractivity contribution is 5.87. The molecule has 1 aliphatic rings. The lowest BCUT2D eigenvalue weighted by Crippen LogP contribution is -1.97. The van der Waals surface area contributed by atoms with Gasteiger partial charge in [0.25, 0.3) is 0 Å². The molecule has 0 saturated carbocycles. The van der Waals surface area contributed by atoms with Gasteiger partial charge in [-0.15, -0.1) is 0 Å². The van der Waals surface area contributed by atoms with Crippen molar-refractivity contribution in [2.45, 2.75) is 33.8 Å². The molecule has 0 amide bonds. The van der Waals surface area contributed by atoms with Crippen LogP contribution in [0.25, 0.3) is 22.3 Å². The largest absolute Gasteiger partial charge is 0.380 e. The van der Waals surface area contributed by atoms with Gasteiger partial charge in [-0.2, -0.15) is 0 Å². The van der Waals surface area contributed by atoms with Crippen molar-refractivity contribution < 1.29 is 4.74 Å². The highest BCUT2D eigenvalue weighted by Crippen LogP contribution is 2.44. The lowest BCUT2D eigenvalue weighted by atomic mass is 9.87. The summed E-state index contributed by atoms with van der Waals surface area (Å²) < 4.78 is 5.31. The molecule has 3 aromatic rings. The molecule has 0 bridgehead atoms. The third-order valence-electron chi connectivity index (χ3n) is 5.56. The molecule has 0 atom stereocenters. The summed E-state index contributed by atoms with van der Waals surface area (Å²) >= 11 is 0. The molecule has 1 heteroatoms. The Morgan fingerprint density at radius 1 is 0.880 bits per heavy atom. The maximum atomic E-state index is 5.31. The minimum Gasteiger partial charge on any atom is -0.380 e. The van der Waals surface area contributed by atoms with Crippen molar-refractivity contribution in [2.24, 2.45) is 0 Å². The number of rotatable bonds is 3. The lowest BCUT2D eigenvalue weighted by molar-refractivity contribution is 0.184. The molecule has 0 aromatic heterocycles. The molecule has 0 saturated heterocycles. The first kappa shape index (κ1) is 16.1. The van der Waals surface area contributed by atoms with Crippen molar-refractivity contribution in [2.75, 3.05) is 7.11 Å². The highest BCUT2D eigenvalue weighted by atomic mass is 16.5. The van der Waals surface area contributed by atoms with Crippen LogP contribution in [0, 0.1) is 20.8 Å². The summed E-state index contributed by atoms with van der Waals surface area (Å²) in [6.45, 7) is 7.33. The van der Waals surface area contributed by atoms with E-state index in [4.69, 9.17) is 4.74 Å². The van der Waals surface area contributed by atoms with Crippen molar-refractivity contribution in [1.29, 1.82) is 0 Å². The number of ether oxygens (including phenoxy) is 1. The van der Waals surface area contributed by atoms with E-state index in [1.165, 1.54) is 55.6 Å². The van der Waals surface area contributed by atoms with Crippen LogP contribution in [0.5, 0.6) is 0 Å². The van der Waals surface area contributed by atoms with E-state index in [1.54, 1.807) is 7.11 Å². The second kappa shape index (κ2) is 6.16. The Morgan fingerprint density at radius 3 is 2.44 bits per heavy atom. The van der Waals surface area contributed by atoms with Gasteiger partial charge >= 0.3 is 0 Å². The molecule has 25 heavy (non-hydrogen) atoms. The number of hydrogen-bond acceptors (Lipinski definition) is 1. The fourth-order valence-corrected chi connectivity index (χ4v) is 4.08. The van der Waals surface area contributed by atoms with E-state index < -0.39 is 0 Å². The average molecular weight is 328 g/mol. The fourth-order valence-electron chi connectivity index (χ4n) is 4.08. The maximum absolute atomic E-state index is 5.31. The topological polar surface area (TPSA) is 9.23 Å². The predicted octanol–water partition coefficient (Wildman–Crippen LogP) is 6.00. The van der Waals surface area contributed by atoms with Crippen molar-refractivity contribution in [1.82, 2.24) is 0 Å². The SMILES string of the molecule is COCc1ccc(-c2c(C)c(C)cc3c2Cc2ccccc2-3)cc1C. The molecule has 3 aromatic carbocycles. The van der Waals surface area contributed by atoms with Crippen LogP contribution >= 0.6 is 0 Å². The van der Waals surface area contributed by atoms with Gasteiger partial charge in [0.1, 0.15) is 0 Å². The molecule has 0 fully saturated rings. The number of methoxy groups -OCH3 is 1. The maximum Gasteiger partial charge on any atom is 0.0715 e. The monoisotopic (exact) mass is 328 g/mol. The van der Waals surface area contributed by atoms with Gasteiger partial charge in [-0.3, -0.25) is 0 Å². The van der Waals surface area contributed by atoms with Crippen molar-refractivity contribution in [3.05, 3.63) is 81.9 Å². The number of aryl methyl sites for hydroxylation is 2. The Morgan fingerprint density at radius 2 is 1.68 bits per heavy atom. The number of hydrogen-bond donors (Lipinski definition) is 0. The van der Waals surface area contributed by atoms with Gasteiger partial charge in [0.15, 0.2) is 0 Å². The van der Waals surface area contributed by atoms with Crippen LogP contribution in [0.4, 0.5) is 0 Å². The van der Waals surface area contributed by atoms with E-state index in [2.05, 4.69) is 69.3 Å². The van der Waals surface area contributed by atoms with Gasteiger partial charge in [0.2, 0.25) is 0 Å². The van der Waals surface area contributed by atoms with Crippen molar-refractivity contribution >= 4 is 0 Å². The Balaban J connectivity index is 1.92. The summed E-state index contributed by atoms with van der Waals surface area (Å²) in [5.74, 6) is 0. The van der Waals surface area contributed by atoms with E-state index in [9.17, 15) is 0 Å². The summed E-state index contributed by atoms with van der Waals surface area (Å²) in [6.07, 6.45) is 1.03. The normalized spacial score (nSPS) is 12.2. The second-order valence-electron chi connectivity index (χ2n) is 7.13. The zero-order valence-electron chi connectivity index (χ0n) is 15.4. The second-order valence-corrected chi connectivity index (χ2v) is 7.13.